The highest BCUT2D eigenvalue weighted by Crippen LogP contribution is 2.37. The Morgan fingerprint density at radius 2 is 1.24 bits per heavy atom. The second-order valence-electron chi connectivity index (χ2n) is 22.9. The summed E-state index contributed by atoms with van der Waals surface area (Å²) in [7, 11) is 0. The van der Waals surface area contributed by atoms with Crippen LogP contribution in [-0.4, -0.2) is 23.0 Å². The zero-order valence-electron chi connectivity index (χ0n) is 51.5. The highest BCUT2D eigenvalue weighted by Gasteiger charge is 2.27. The van der Waals surface area contributed by atoms with E-state index in [0.29, 0.717) is 5.92 Å². The van der Waals surface area contributed by atoms with Gasteiger partial charge in [-0.3, -0.25) is 0 Å². The Balaban J connectivity index is 0.763. The molecule has 4 nitrogen and oxygen atoms in total. The minimum atomic E-state index is 0.148. The normalized spacial score (nSPS) is 18.8. The predicted molar refractivity (Wildman–Crippen MR) is 381 cm³/mol. The summed E-state index contributed by atoms with van der Waals surface area (Å²) < 4.78 is 0. The fourth-order valence-electron chi connectivity index (χ4n) is 12.1. The van der Waals surface area contributed by atoms with Crippen molar-refractivity contribution in [2.75, 3.05) is 14.7 Å². The largest absolute Gasteiger partial charge is 0.361 e. The van der Waals surface area contributed by atoms with Gasteiger partial charge in [-0.05, 0) is 188 Å². The fourth-order valence-corrected chi connectivity index (χ4v) is 12.1. The van der Waals surface area contributed by atoms with Gasteiger partial charge in [0.2, 0.25) is 0 Å². The van der Waals surface area contributed by atoms with Crippen molar-refractivity contribution in [2.45, 2.75) is 89.3 Å². The van der Waals surface area contributed by atoms with Gasteiger partial charge >= 0.3 is 0 Å². The fraction of sp³-hybridized carbons (Fsp3) is 0.167. The Morgan fingerprint density at radius 3 is 1.82 bits per heavy atom. The number of hydrogen-bond donors (Lipinski definition) is 0. The van der Waals surface area contributed by atoms with Gasteiger partial charge < -0.3 is 19.6 Å². The van der Waals surface area contributed by atoms with Crippen LogP contribution in [0.15, 0.2) is 364 Å². The van der Waals surface area contributed by atoms with Crippen LogP contribution >= 0.6 is 0 Å². The number of hydrogen-bond acceptors (Lipinski definition) is 4. The molecule has 0 saturated carbocycles. The topological polar surface area (TPSA) is 13.0 Å². The molecule has 0 N–H and O–H groups in total. The molecule has 0 aliphatic heterocycles. The summed E-state index contributed by atoms with van der Waals surface area (Å²) in [5.74, 6) is 0.332. The quantitative estimate of drug-likeness (QED) is 0.0426. The van der Waals surface area contributed by atoms with Gasteiger partial charge in [-0.1, -0.05) is 232 Å². The van der Waals surface area contributed by atoms with Crippen molar-refractivity contribution in [3.63, 3.8) is 0 Å². The zero-order valence-corrected chi connectivity index (χ0v) is 51.5. The lowest BCUT2D eigenvalue weighted by molar-refractivity contribution is 0.238. The van der Waals surface area contributed by atoms with Gasteiger partial charge in [0.25, 0.3) is 0 Å². The maximum atomic E-state index is 4.53. The van der Waals surface area contributed by atoms with E-state index in [1.807, 2.05) is 36.4 Å². The molecule has 0 aromatic heterocycles. The number of para-hydroxylation sites is 3. The van der Waals surface area contributed by atoms with E-state index in [1.54, 1.807) is 0 Å². The lowest BCUT2D eigenvalue weighted by Crippen LogP contribution is -2.41. The molecular weight excluding hydrogens is 1060 g/mol. The van der Waals surface area contributed by atoms with Crippen molar-refractivity contribution < 1.29 is 0 Å². The Labute approximate surface area is 526 Å². The number of nitrogens with zero attached hydrogens (tertiary/aromatic N) is 4. The average molecular weight is 1150 g/mol. The van der Waals surface area contributed by atoms with Crippen molar-refractivity contribution >= 4 is 33.8 Å². The summed E-state index contributed by atoms with van der Waals surface area (Å²) in [4.78, 5) is 9.46. The van der Waals surface area contributed by atoms with Crippen molar-refractivity contribution in [3.05, 3.63) is 386 Å². The van der Waals surface area contributed by atoms with E-state index in [1.165, 1.54) is 50.6 Å². The van der Waals surface area contributed by atoms with Crippen LogP contribution < -0.4 is 14.7 Å². The minimum absolute atomic E-state index is 0.148. The molecule has 0 bridgehead atoms. The average Bonchev–Trinajstić information content (AvgIpc) is 3.10. The van der Waals surface area contributed by atoms with Crippen LogP contribution in [0.1, 0.15) is 93.4 Å². The first kappa shape index (κ1) is 61.2. The molecule has 0 saturated heterocycles. The van der Waals surface area contributed by atoms with Crippen molar-refractivity contribution in [2.24, 2.45) is 0 Å². The minimum Gasteiger partial charge on any atom is -0.361 e. The molecule has 88 heavy (non-hydrogen) atoms. The lowest BCUT2D eigenvalue weighted by Gasteiger charge is -2.40. The number of allylic oxidation sites excluding steroid dienone is 25. The first-order valence-corrected chi connectivity index (χ1v) is 31.3. The Hall–Kier alpha value is -9.90. The SMILES string of the molecule is C=CCC(C=C)N(C1=CC=CCC1)C1C=CC(c2ccc(/C(C=C)=C/C=C/N(C(=C)/C=C\C(=C)/C(C)=C/C=C(\C)N(c3ccccc3)[C@H]3C=CC(c4ccc(C5C=CC(N(C6=CCCC=C6)c6ccccc6)=CC5)cc4)=CC3)c3ccccc3)cc2)=CC1. The Bertz CT molecular complexity index is 3800. The Kier molecular flexibility index (Phi) is 21.2. The van der Waals surface area contributed by atoms with Gasteiger partial charge in [-0.15, -0.1) is 13.2 Å². The van der Waals surface area contributed by atoms with Gasteiger partial charge in [-0.25, -0.2) is 0 Å². The van der Waals surface area contributed by atoms with Crippen molar-refractivity contribution in [1.29, 1.82) is 0 Å². The van der Waals surface area contributed by atoms with Crippen LogP contribution in [0.2, 0.25) is 0 Å². The van der Waals surface area contributed by atoms with Crippen LogP contribution in [-0.2, 0) is 0 Å². The summed E-state index contributed by atoms with van der Waals surface area (Å²) in [6.07, 6.45) is 63.3. The van der Waals surface area contributed by atoms with E-state index in [0.717, 1.165) is 96.4 Å². The molecular formula is C84H84N4. The third-order valence-corrected chi connectivity index (χ3v) is 17.1. The molecule has 5 aliphatic carbocycles. The molecule has 5 aromatic rings. The van der Waals surface area contributed by atoms with Crippen molar-refractivity contribution in [3.8, 4) is 0 Å². The highest BCUT2D eigenvalue weighted by atomic mass is 15.2. The summed E-state index contributed by atoms with van der Waals surface area (Å²) in [5, 5.41) is 0. The van der Waals surface area contributed by atoms with Gasteiger partial charge in [0.05, 0.1) is 18.1 Å². The molecule has 0 spiro atoms. The van der Waals surface area contributed by atoms with E-state index >= 15 is 0 Å². The highest BCUT2D eigenvalue weighted by molar-refractivity contribution is 5.80. The first-order chi connectivity index (χ1) is 43.2. The summed E-state index contributed by atoms with van der Waals surface area (Å²) >= 11 is 0. The third-order valence-electron chi connectivity index (χ3n) is 17.1. The van der Waals surface area contributed by atoms with Crippen LogP contribution in [0.3, 0.4) is 0 Å². The molecule has 4 heteroatoms. The summed E-state index contributed by atoms with van der Waals surface area (Å²) in [5.41, 5.74) is 19.5. The van der Waals surface area contributed by atoms with Gasteiger partial charge in [0, 0.05) is 57.7 Å². The summed E-state index contributed by atoms with van der Waals surface area (Å²) in [6.45, 7) is 25.8. The van der Waals surface area contributed by atoms with Crippen LogP contribution in [0.25, 0.3) is 16.7 Å². The maximum Gasteiger partial charge on any atom is 0.0557 e. The molecule has 0 fully saturated rings. The number of benzene rings is 5. The van der Waals surface area contributed by atoms with Crippen molar-refractivity contribution in [1.82, 2.24) is 4.90 Å². The van der Waals surface area contributed by atoms with Crippen LogP contribution in [0.5, 0.6) is 0 Å². The van der Waals surface area contributed by atoms with Gasteiger partial charge in [-0.2, -0.15) is 0 Å². The molecule has 10 rings (SSSR count). The van der Waals surface area contributed by atoms with E-state index in [2.05, 4.69) is 321 Å². The Morgan fingerprint density at radius 1 is 0.591 bits per heavy atom. The number of rotatable bonds is 25. The van der Waals surface area contributed by atoms with Crippen LogP contribution in [0.4, 0.5) is 17.1 Å². The molecule has 440 valence electrons. The second-order valence-corrected chi connectivity index (χ2v) is 22.9. The lowest BCUT2D eigenvalue weighted by atomic mass is 9.89. The molecule has 4 atom stereocenters. The first-order valence-electron chi connectivity index (χ1n) is 31.3. The second kappa shape index (κ2) is 30.4. The molecule has 0 radical (unpaired) electrons. The molecule has 5 aromatic carbocycles. The van der Waals surface area contributed by atoms with E-state index in [-0.39, 0.29) is 18.1 Å². The monoisotopic (exact) mass is 1150 g/mol. The molecule has 0 amide bonds. The maximum absolute atomic E-state index is 4.53. The summed E-state index contributed by atoms with van der Waals surface area (Å²) in [6, 6.07) is 50.3. The molecule has 3 unspecified atom stereocenters. The smallest absolute Gasteiger partial charge is 0.0557 e. The van der Waals surface area contributed by atoms with E-state index < -0.39 is 0 Å². The van der Waals surface area contributed by atoms with Crippen LogP contribution in [0, 0.1) is 0 Å². The molecule has 0 heterocycles. The predicted octanol–water partition coefficient (Wildman–Crippen LogP) is 21.7. The van der Waals surface area contributed by atoms with Gasteiger partial charge in [0.15, 0.2) is 0 Å². The zero-order chi connectivity index (χ0) is 61.0. The number of anilines is 3. The molecule has 5 aliphatic rings. The van der Waals surface area contributed by atoms with E-state index in [9.17, 15) is 0 Å². The standard InChI is InChI=1S/C84H84N4/c1-8-27-76(10-3)87(79-33-20-13-21-34-79)83-59-53-74(54-60-83)70-45-43-69(44-46-70)68(9-2)28-26-63-85(77-29-16-11-17-30-77)66(6)41-39-64(4)65(5)40-42-67(7)86(78-31-18-12-19-32-78)82-57-51-73(52-58-82)71-47-49-72(50-48-71)75-55-61-84(62-56-75)88(80-35-22-14-23-36-80)81-37-24-15-25-38-81/h8-14,16-20,22-24,26,28-33,35-55,57,59,61-63,75-76,82-83H,1-4,6,15,21,25,27,34,56,58,60H2,5,7H3/b41-39-,63-26+,65-40+,67-42+,68-28+/t75?,76?,82-,83?/m0/s1. The third kappa shape index (κ3) is 15.4. The van der Waals surface area contributed by atoms with E-state index in [4.69, 9.17) is 0 Å². The van der Waals surface area contributed by atoms with Gasteiger partial charge in [0.1, 0.15) is 0 Å².